The second-order valence-electron chi connectivity index (χ2n) is 7.76. The first-order valence-electron chi connectivity index (χ1n) is 12.1. The van der Waals surface area contributed by atoms with Crippen molar-refractivity contribution >= 4 is 23.5 Å². The smallest absolute Gasteiger partial charge is 0.343 e. The van der Waals surface area contributed by atoms with Gasteiger partial charge in [-0.05, 0) is 37.7 Å². The molecule has 0 aromatic heterocycles. The van der Waals surface area contributed by atoms with E-state index in [1.165, 1.54) is 6.07 Å². The molecule has 8 heteroatoms. The first-order chi connectivity index (χ1) is 16.4. The van der Waals surface area contributed by atoms with Crippen LogP contribution in [0.4, 0.5) is 0 Å². The van der Waals surface area contributed by atoms with Crippen LogP contribution in [0.3, 0.4) is 0 Å². The fourth-order valence-electron chi connectivity index (χ4n) is 3.19. The Morgan fingerprint density at radius 2 is 1.15 bits per heavy atom. The van der Waals surface area contributed by atoms with Gasteiger partial charge in [0.2, 0.25) is 23.8 Å². The summed E-state index contributed by atoms with van der Waals surface area (Å²) in [6, 6.07) is 4.79. The van der Waals surface area contributed by atoms with Gasteiger partial charge in [-0.3, -0.25) is 9.59 Å². The lowest BCUT2D eigenvalue weighted by atomic mass is 9.89. The summed E-state index contributed by atoms with van der Waals surface area (Å²) in [6.07, 6.45) is -0.241. The summed E-state index contributed by atoms with van der Waals surface area (Å²) in [5.74, 6) is -2.97. The topological polar surface area (TPSA) is 105 Å². The van der Waals surface area contributed by atoms with Crippen molar-refractivity contribution < 1.29 is 38.1 Å². The highest BCUT2D eigenvalue weighted by molar-refractivity contribution is 6.20. The average Bonchev–Trinajstić information content (AvgIpc) is 2.85. The Bertz CT molecular complexity index is 817. The van der Waals surface area contributed by atoms with Gasteiger partial charge in [-0.1, -0.05) is 52.8 Å². The summed E-state index contributed by atoms with van der Waals surface area (Å²) >= 11 is 0. The molecule has 0 fully saturated rings. The van der Waals surface area contributed by atoms with Gasteiger partial charge in [0.1, 0.15) is 0 Å². The molecule has 0 aliphatic rings. The Morgan fingerprint density at radius 3 is 1.59 bits per heavy atom. The minimum atomic E-state index is -1.51. The summed E-state index contributed by atoms with van der Waals surface area (Å²) in [5.41, 5.74) is 0.589. The lowest BCUT2D eigenvalue weighted by Gasteiger charge is -2.21. The fourth-order valence-corrected chi connectivity index (χ4v) is 3.19. The molecule has 0 spiro atoms. The maximum atomic E-state index is 13.6. The van der Waals surface area contributed by atoms with E-state index in [1.807, 2.05) is 34.6 Å². The van der Waals surface area contributed by atoms with Gasteiger partial charge in [0.05, 0.1) is 13.2 Å². The molecule has 0 heterocycles. The minimum absolute atomic E-state index is 0.00714. The van der Waals surface area contributed by atoms with E-state index in [9.17, 15) is 19.2 Å². The van der Waals surface area contributed by atoms with Crippen molar-refractivity contribution in [2.24, 2.45) is 0 Å². The number of benzene rings is 1. The van der Waals surface area contributed by atoms with Gasteiger partial charge in [0.15, 0.2) is 0 Å². The van der Waals surface area contributed by atoms with Gasteiger partial charge in [0, 0.05) is 24.3 Å². The van der Waals surface area contributed by atoms with Crippen LogP contribution in [0.2, 0.25) is 0 Å². The van der Waals surface area contributed by atoms with E-state index in [1.54, 1.807) is 12.1 Å². The molecule has 2 atom stereocenters. The van der Waals surface area contributed by atoms with Crippen molar-refractivity contribution in [1.82, 2.24) is 0 Å². The Hall–Kier alpha value is -2.58. The van der Waals surface area contributed by atoms with Gasteiger partial charge >= 0.3 is 11.9 Å². The summed E-state index contributed by atoms with van der Waals surface area (Å²) in [5, 5.41) is 0. The second-order valence-corrected chi connectivity index (χ2v) is 7.76. The lowest BCUT2D eigenvalue weighted by Crippen LogP contribution is -2.39. The van der Waals surface area contributed by atoms with E-state index in [2.05, 4.69) is 0 Å². The molecule has 8 nitrogen and oxygen atoms in total. The van der Waals surface area contributed by atoms with Crippen molar-refractivity contribution in [2.45, 2.75) is 78.9 Å². The molecule has 1 rings (SSSR count). The standard InChI is InChI=1S/C26H38O8/c1-6-14-31-23(25(29)33-16-8-3)21(27)19-13-11-12-18(10-5)20(19)22(28)24(32-15-7-2)26(30)34-17-9-4/h11-13,23-24H,6-10,14-17H2,1-5H3. The first-order valence-corrected chi connectivity index (χ1v) is 12.1. The SMILES string of the molecule is CCCOC(=O)C(OCCC)C(=O)c1cccc(CC)c1C(=O)C(OCCC)C(=O)OCCC. The van der Waals surface area contributed by atoms with Crippen LogP contribution < -0.4 is 0 Å². The van der Waals surface area contributed by atoms with Crippen LogP contribution in [0.15, 0.2) is 18.2 Å². The molecule has 0 bridgehead atoms. The Morgan fingerprint density at radius 1 is 0.676 bits per heavy atom. The number of Topliss-reactive ketones (excluding diaryl/α,β-unsaturated/α-hetero) is 2. The molecule has 0 amide bonds. The summed E-state index contributed by atoms with van der Waals surface area (Å²) in [4.78, 5) is 52.4. The zero-order valence-corrected chi connectivity index (χ0v) is 21.0. The monoisotopic (exact) mass is 478 g/mol. The van der Waals surface area contributed by atoms with Crippen LogP contribution in [0.25, 0.3) is 0 Å². The van der Waals surface area contributed by atoms with Crippen molar-refractivity contribution in [1.29, 1.82) is 0 Å². The van der Waals surface area contributed by atoms with Gasteiger partial charge in [-0.15, -0.1) is 0 Å². The third kappa shape index (κ3) is 8.33. The number of hydrogen-bond acceptors (Lipinski definition) is 8. The van der Waals surface area contributed by atoms with Crippen molar-refractivity contribution in [3.8, 4) is 0 Å². The Kier molecular flexibility index (Phi) is 14.0. The maximum absolute atomic E-state index is 13.6. The molecular formula is C26H38O8. The molecule has 0 radical (unpaired) electrons. The van der Waals surface area contributed by atoms with E-state index in [-0.39, 0.29) is 37.6 Å². The highest BCUT2D eigenvalue weighted by Gasteiger charge is 2.37. The van der Waals surface area contributed by atoms with Crippen molar-refractivity contribution in [2.75, 3.05) is 26.4 Å². The lowest BCUT2D eigenvalue weighted by molar-refractivity contribution is -0.154. The fraction of sp³-hybridized carbons (Fsp3) is 0.615. The molecular weight excluding hydrogens is 440 g/mol. The number of hydrogen-bond donors (Lipinski definition) is 0. The van der Waals surface area contributed by atoms with Crippen LogP contribution in [0.1, 0.15) is 86.6 Å². The van der Waals surface area contributed by atoms with Gasteiger partial charge < -0.3 is 18.9 Å². The predicted octanol–water partition coefficient (Wildman–Crippen LogP) is 4.11. The van der Waals surface area contributed by atoms with Crippen LogP contribution in [-0.2, 0) is 35.0 Å². The number of rotatable bonds is 17. The highest BCUT2D eigenvalue weighted by Crippen LogP contribution is 2.23. The molecule has 34 heavy (non-hydrogen) atoms. The molecule has 2 unspecified atom stereocenters. The predicted molar refractivity (Wildman–Crippen MR) is 127 cm³/mol. The van der Waals surface area contributed by atoms with Crippen LogP contribution >= 0.6 is 0 Å². The number of aryl methyl sites for hydroxylation is 1. The van der Waals surface area contributed by atoms with Gasteiger partial charge in [-0.25, -0.2) is 9.59 Å². The zero-order chi connectivity index (χ0) is 25.5. The normalized spacial score (nSPS) is 12.6. The zero-order valence-electron chi connectivity index (χ0n) is 21.0. The maximum Gasteiger partial charge on any atom is 0.343 e. The van der Waals surface area contributed by atoms with E-state index >= 15 is 0 Å². The number of carbonyl (C=O) groups excluding carboxylic acids is 4. The van der Waals surface area contributed by atoms with Crippen LogP contribution in [0.5, 0.6) is 0 Å². The summed E-state index contributed by atoms with van der Waals surface area (Å²) in [6.45, 7) is 9.85. The van der Waals surface area contributed by atoms with Crippen LogP contribution in [-0.4, -0.2) is 62.1 Å². The average molecular weight is 479 g/mol. The van der Waals surface area contributed by atoms with E-state index in [0.29, 0.717) is 37.7 Å². The largest absolute Gasteiger partial charge is 0.463 e. The second kappa shape index (κ2) is 16.1. The summed E-state index contributed by atoms with van der Waals surface area (Å²) in [7, 11) is 0. The molecule has 0 aliphatic carbocycles. The molecule has 0 saturated heterocycles. The molecule has 190 valence electrons. The molecule has 0 N–H and O–H groups in total. The highest BCUT2D eigenvalue weighted by atomic mass is 16.6. The third-order valence-electron chi connectivity index (χ3n) is 4.82. The van der Waals surface area contributed by atoms with E-state index < -0.39 is 35.7 Å². The van der Waals surface area contributed by atoms with Crippen molar-refractivity contribution in [3.63, 3.8) is 0 Å². The number of ether oxygens (including phenoxy) is 4. The van der Waals surface area contributed by atoms with Gasteiger partial charge in [0.25, 0.3) is 0 Å². The Balaban J connectivity index is 3.48. The van der Waals surface area contributed by atoms with Crippen LogP contribution in [0, 0.1) is 0 Å². The van der Waals surface area contributed by atoms with E-state index in [4.69, 9.17) is 18.9 Å². The Labute approximate surface area is 202 Å². The molecule has 0 saturated carbocycles. The summed E-state index contributed by atoms with van der Waals surface area (Å²) < 4.78 is 21.5. The minimum Gasteiger partial charge on any atom is -0.463 e. The first kappa shape index (κ1) is 29.5. The molecule has 1 aromatic carbocycles. The number of ketones is 2. The number of carbonyl (C=O) groups is 4. The van der Waals surface area contributed by atoms with Gasteiger partial charge in [-0.2, -0.15) is 0 Å². The molecule has 1 aromatic rings. The quantitative estimate of drug-likeness (QED) is 0.187. The third-order valence-corrected chi connectivity index (χ3v) is 4.82. The van der Waals surface area contributed by atoms with E-state index in [0.717, 1.165) is 0 Å². The molecule has 0 aliphatic heterocycles. The van der Waals surface area contributed by atoms with Crippen molar-refractivity contribution in [3.05, 3.63) is 34.9 Å². The number of esters is 2.